The first-order valence-corrected chi connectivity index (χ1v) is 7.94. The van der Waals surface area contributed by atoms with E-state index < -0.39 is 0 Å². The summed E-state index contributed by atoms with van der Waals surface area (Å²) in [6, 6.07) is 0. The molecule has 0 saturated heterocycles. The van der Waals surface area contributed by atoms with Crippen LogP contribution in [0.25, 0.3) is 0 Å². The van der Waals surface area contributed by atoms with Crippen LogP contribution in [0.15, 0.2) is 0 Å². The Morgan fingerprint density at radius 1 is 1.11 bits per heavy atom. The highest BCUT2D eigenvalue weighted by Crippen LogP contribution is 2.75. The molecule has 0 bridgehead atoms. The summed E-state index contributed by atoms with van der Waals surface area (Å²) in [7, 11) is 0. The van der Waals surface area contributed by atoms with E-state index in [-0.39, 0.29) is 5.41 Å². The molecule has 3 saturated carbocycles. The summed E-state index contributed by atoms with van der Waals surface area (Å²) in [6.07, 6.45) is 8.22. The van der Waals surface area contributed by atoms with Crippen LogP contribution >= 0.6 is 0 Å². The van der Waals surface area contributed by atoms with Crippen molar-refractivity contribution in [1.82, 2.24) is 0 Å². The fraction of sp³-hybridized carbons (Fsp3) is 1.00. The summed E-state index contributed by atoms with van der Waals surface area (Å²) in [6.45, 7) is 10.2. The zero-order chi connectivity index (χ0) is 13.2. The van der Waals surface area contributed by atoms with Crippen molar-refractivity contribution < 1.29 is 5.11 Å². The van der Waals surface area contributed by atoms with Gasteiger partial charge < -0.3 is 5.11 Å². The molecule has 1 heteroatoms. The van der Waals surface area contributed by atoms with Gasteiger partial charge in [-0.15, -0.1) is 0 Å². The Morgan fingerprint density at radius 3 is 2.39 bits per heavy atom. The van der Waals surface area contributed by atoms with Crippen LogP contribution in [0.1, 0.15) is 66.2 Å². The number of aliphatic hydroxyl groups excluding tert-OH is 1. The molecule has 0 aromatic carbocycles. The molecule has 0 spiro atoms. The standard InChI is InChI=1S/C17H30O/c1-15(2)13(9-14-10-17(14,15)4)8-12-6-5-7-16(12,3)11-18/h12-14,18H,5-11H2,1-4H3. The minimum atomic E-state index is 0.226. The summed E-state index contributed by atoms with van der Waals surface area (Å²) in [4.78, 5) is 0. The van der Waals surface area contributed by atoms with Crippen LogP contribution in [0.4, 0.5) is 0 Å². The van der Waals surface area contributed by atoms with Crippen LogP contribution in [0.3, 0.4) is 0 Å². The highest BCUT2D eigenvalue weighted by Gasteiger charge is 2.67. The number of hydrogen-bond acceptors (Lipinski definition) is 1. The molecule has 5 unspecified atom stereocenters. The molecule has 1 nitrogen and oxygen atoms in total. The predicted octanol–water partition coefficient (Wildman–Crippen LogP) is 4.25. The molecule has 0 aromatic rings. The van der Waals surface area contributed by atoms with Gasteiger partial charge in [-0.2, -0.15) is 0 Å². The SMILES string of the molecule is CC1(CO)CCCC1CC1CC2CC2(C)C1(C)C. The van der Waals surface area contributed by atoms with Gasteiger partial charge in [0.1, 0.15) is 0 Å². The number of rotatable bonds is 3. The Bertz CT molecular complexity index is 348. The molecular formula is C17H30O. The molecule has 3 aliphatic rings. The van der Waals surface area contributed by atoms with Gasteiger partial charge in [-0.3, -0.25) is 0 Å². The third kappa shape index (κ3) is 1.55. The lowest BCUT2D eigenvalue weighted by Gasteiger charge is -2.39. The number of aliphatic hydroxyl groups is 1. The van der Waals surface area contributed by atoms with Crippen molar-refractivity contribution >= 4 is 0 Å². The van der Waals surface area contributed by atoms with E-state index in [4.69, 9.17) is 0 Å². The van der Waals surface area contributed by atoms with Crippen molar-refractivity contribution in [3.8, 4) is 0 Å². The second-order valence-corrected chi connectivity index (χ2v) is 8.61. The van der Waals surface area contributed by atoms with Crippen molar-refractivity contribution in [2.24, 2.45) is 34.0 Å². The van der Waals surface area contributed by atoms with Crippen LogP contribution in [-0.4, -0.2) is 11.7 Å². The molecule has 0 aliphatic heterocycles. The minimum Gasteiger partial charge on any atom is -0.396 e. The topological polar surface area (TPSA) is 20.2 Å². The van der Waals surface area contributed by atoms with Gasteiger partial charge in [-0.25, -0.2) is 0 Å². The van der Waals surface area contributed by atoms with Gasteiger partial charge in [0.25, 0.3) is 0 Å². The van der Waals surface area contributed by atoms with Gasteiger partial charge in [0.15, 0.2) is 0 Å². The molecule has 0 amide bonds. The van der Waals surface area contributed by atoms with Crippen molar-refractivity contribution in [1.29, 1.82) is 0 Å². The third-order valence-corrected chi connectivity index (χ3v) is 7.69. The van der Waals surface area contributed by atoms with Crippen LogP contribution in [0, 0.1) is 34.0 Å². The summed E-state index contributed by atoms with van der Waals surface area (Å²) < 4.78 is 0. The van der Waals surface area contributed by atoms with E-state index in [0.717, 1.165) is 17.8 Å². The molecule has 18 heavy (non-hydrogen) atoms. The molecule has 0 radical (unpaired) electrons. The molecule has 3 aliphatic carbocycles. The second kappa shape index (κ2) is 3.75. The first-order chi connectivity index (χ1) is 8.33. The average molecular weight is 250 g/mol. The molecule has 3 rings (SSSR count). The average Bonchev–Trinajstić information content (AvgIpc) is 2.77. The largest absolute Gasteiger partial charge is 0.396 e. The van der Waals surface area contributed by atoms with Gasteiger partial charge in [0.2, 0.25) is 0 Å². The lowest BCUT2D eigenvalue weighted by Crippen LogP contribution is -2.33. The smallest absolute Gasteiger partial charge is 0.0487 e. The highest BCUT2D eigenvalue weighted by atomic mass is 16.3. The molecule has 1 N–H and O–H groups in total. The lowest BCUT2D eigenvalue weighted by molar-refractivity contribution is 0.0589. The van der Waals surface area contributed by atoms with Crippen molar-refractivity contribution in [3.05, 3.63) is 0 Å². The van der Waals surface area contributed by atoms with E-state index in [0.29, 0.717) is 17.4 Å². The van der Waals surface area contributed by atoms with E-state index >= 15 is 0 Å². The zero-order valence-corrected chi connectivity index (χ0v) is 12.6. The van der Waals surface area contributed by atoms with Crippen molar-refractivity contribution in [2.75, 3.05) is 6.61 Å². The summed E-state index contributed by atoms with van der Waals surface area (Å²) in [5.74, 6) is 2.68. The lowest BCUT2D eigenvalue weighted by atomic mass is 9.66. The van der Waals surface area contributed by atoms with E-state index in [1.54, 1.807) is 0 Å². The van der Waals surface area contributed by atoms with Gasteiger partial charge in [-0.05, 0) is 66.1 Å². The monoisotopic (exact) mass is 250 g/mol. The van der Waals surface area contributed by atoms with E-state index in [2.05, 4.69) is 27.7 Å². The summed E-state index contributed by atoms with van der Waals surface area (Å²) >= 11 is 0. The van der Waals surface area contributed by atoms with Crippen LogP contribution in [0.2, 0.25) is 0 Å². The quantitative estimate of drug-likeness (QED) is 0.794. The molecular weight excluding hydrogens is 220 g/mol. The Hall–Kier alpha value is -0.0400. The van der Waals surface area contributed by atoms with Gasteiger partial charge in [-0.1, -0.05) is 34.1 Å². The van der Waals surface area contributed by atoms with E-state index in [1.807, 2.05) is 0 Å². The fourth-order valence-electron chi connectivity index (χ4n) is 5.34. The Balaban J connectivity index is 1.71. The first-order valence-electron chi connectivity index (χ1n) is 7.94. The zero-order valence-electron chi connectivity index (χ0n) is 12.6. The molecule has 0 heterocycles. The maximum atomic E-state index is 9.71. The van der Waals surface area contributed by atoms with Crippen LogP contribution < -0.4 is 0 Å². The van der Waals surface area contributed by atoms with E-state index in [9.17, 15) is 5.11 Å². The number of fused-ring (bicyclic) bond motifs is 1. The van der Waals surface area contributed by atoms with Crippen molar-refractivity contribution in [2.45, 2.75) is 66.2 Å². The second-order valence-electron chi connectivity index (χ2n) is 8.61. The van der Waals surface area contributed by atoms with Gasteiger partial charge >= 0.3 is 0 Å². The molecule has 3 fully saturated rings. The number of hydrogen-bond donors (Lipinski definition) is 1. The van der Waals surface area contributed by atoms with E-state index in [1.165, 1.54) is 38.5 Å². The predicted molar refractivity (Wildman–Crippen MR) is 75.3 cm³/mol. The Kier molecular flexibility index (Phi) is 2.70. The highest BCUT2D eigenvalue weighted by molar-refractivity contribution is 5.16. The van der Waals surface area contributed by atoms with Crippen LogP contribution in [0.5, 0.6) is 0 Å². The minimum absolute atomic E-state index is 0.226. The third-order valence-electron chi connectivity index (χ3n) is 7.69. The maximum absolute atomic E-state index is 9.71. The Morgan fingerprint density at radius 2 is 1.83 bits per heavy atom. The molecule has 0 aromatic heterocycles. The van der Waals surface area contributed by atoms with Gasteiger partial charge in [0.05, 0.1) is 0 Å². The normalized spacial score (nSPS) is 53.5. The van der Waals surface area contributed by atoms with Crippen molar-refractivity contribution in [3.63, 3.8) is 0 Å². The molecule has 104 valence electrons. The molecule has 5 atom stereocenters. The van der Waals surface area contributed by atoms with Crippen LogP contribution in [-0.2, 0) is 0 Å². The fourth-order valence-corrected chi connectivity index (χ4v) is 5.34. The summed E-state index contributed by atoms with van der Waals surface area (Å²) in [5, 5.41) is 9.71. The first kappa shape index (κ1) is 13.0. The van der Waals surface area contributed by atoms with Gasteiger partial charge in [0, 0.05) is 6.61 Å². The summed E-state index contributed by atoms with van der Waals surface area (Å²) in [5.41, 5.74) is 1.40. The maximum Gasteiger partial charge on any atom is 0.0487 e. The Labute approximate surface area is 112 Å².